The fraction of sp³-hybridized carbons (Fsp3) is 0.351. The van der Waals surface area contributed by atoms with Crippen LogP contribution in [0.25, 0.3) is 0 Å². The Morgan fingerprint density at radius 3 is 2.41 bits per heavy atom. The predicted molar refractivity (Wildman–Crippen MR) is 184 cm³/mol. The van der Waals surface area contributed by atoms with Crippen molar-refractivity contribution in [1.29, 1.82) is 0 Å². The predicted octanol–water partition coefficient (Wildman–Crippen LogP) is 10.1. The number of thiophene rings is 1. The quantitative estimate of drug-likeness (QED) is 0.198. The average molecular weight is 629 g/mol. The second kappa shape index (κ2) is 13.2. The first-order chi connectivity index (χ1) is 20.9. The first-order valence-corrected chi connectivity index (χ1v) is 16.3. The van der Waals surface area contributed by atoms with Crippen molar-refractivity contribution in [3.05, 3.63) is 103 Å². The molecule has 0 saturated heterocycles. The zero-order valence-corrected chi connectivity index (χ0v) is 28.2. The van der Waals surface area contributed by atoms with Crippen molar-refractivity contribution < 1.29 is 14.3 Å². The van der Waals surface area contributed by atoms with Crippen LogP contribution in [-0.4, -0.2) is 19.2 Å². The van der Waals surface area contributed by atoms with Gasteiger partial charge in [0.2, 0.25) is 0 Å². The summed E-state index contributed by atoms with van der Waals surface area (Å²) in [6, 6.07) is 17.3. The van der Waals surface area contributed by atoms with Gasteiger partial charge in [-0.15, -0.1) is 11.3 Å². The second-order valence-electron chi connectivity index (χ2n) is 12.8. The van der Waals surface area contributed by atoms with Crippen LogP contribution in [0.2, 0.25) is 5.02 Å². The van der Waals surface area contributed by atoms with Crippen LogP contribution < -0.4 is 14.8 Å². The van der Waals surface area contributed by atoms with Crippen LogP contribution in [0.3, 0.4) is 0 Å². The van der Waals surface area contributed by atoms with Gasteiger partial charge < -0.3 is 14.8 Å². The van der Waals surface area contributed by atoms with E-state index in [4.69, 9.17) is 26.1 Å². The van der Waals surface area contributed by atoms with Gasteiger partial charge in [-0.3, -0.25) is 4.79 Å². The third-order valence-electron chi connectivity index (χ3n) is 8.53. The molecule has 0 fully saturated rings. The summed E-state index contributed by atoms with van der Waals surface area (Å²) in [7, 11) is 1.64. The molecule has 0 spiro atoms. The van der Waals surface area contributed by atoms with E-state index in [0.29, 0.717) is 40.3 Å². The number of amides is 1. The number of nitrogens with one attached hydrogen (secondary N) is 1. The highest BCUT2D eigenvalue weighted by molar-refractivity contribution is 7.16. The van der Waals surface area contributed by atoms with Gasteiger partial charge in [-0.05, 0) is 122 Å². The highest BCUT2D eigenvalue weighted by atomic mass is 35.5. The van der Waals surface area contributed by atoms with Gasteiger partial charge in [0.05, 0.1) is 12.7 Å². The van der Waals surface area contributed by atoms with Crippen LogP contribution in [0, 0.1) is 32.1 Å². The number of methoxy groups -OCH3 is 1. The molecule has 0 aliphatic heterocycles. The molecule has 1 aliphatic rings. The van der Waals surface area contributed by atoms with Gasteiger partial charge in [-0.2, -0.15) is 0 Å². The van der Waals surface area contributed by atoms with Gasteiger partial charge in [-0.1, -0.05) is 50.1 Å². The van der Waals surface area contributed by atoms with Crippen LogP contribution in [0.1, 0.15) is 75.8 Å². The maximum Gasteiger partial charge on any atom is 0.259 e. The number of anilines is 1. The molecule has 0 bridgehead atoms. The lowest BCUT2D eigenvalue weighted by Gasteiger charge is -2.33. The number of aryl methyl sites for hydroxylation is 3. The van der Waals surface area contributed by atoms with Crippen molar-refractivity contribution >= 4 is 45.7 Å². The molecular formula is C37H41ClN2O3S. The summed E-state index contributed by atoms with van der Waals surface area (Å²) in [6.45, 7) is 13.7. The number of aliphatic imine (C=N–C) groups is 1. The Balaban J connectivity index is 1.41. The molecule has 3 aromatic carbocycles. The number of rotatable bonds is 8. The fourth-order valence-electron chi connectivity index (χ4n) is 5.97. The van der Waals surface area contributed by atoms with Crippen LogP contribution in [-0.2, 0) is 19.4 Å². The highest BCUT2D eigenvalue weighted by Crippen LogP contribution is 2.45. The molecule has 1 heterocycles. The topological polar surface area (TPSA) is 59.9 Å². The van der Waals surface area contributed by atoms with Crippen LogP contribution in [0.5, 0.6) is 11.5 Å². The SMILES string of the molecule is COc1cc(C=Nc2sc3c(c2C(=O)Nc2ccc(Cl)cc2)CC[C@H](C(C)(C)C)C3)ccc1OCc1c(C)cc(C)cc1C. The number of ether oxygens (including phenoxy) is 2. The molecule has 7 heteroatoms. The van der Waals surface area contributed by atoms with Crippen molar-refractivity contribution in [1.82, 2.24) is 0 Å². The molecule has 1 atom stereocenters. The van der Waals surface area contributed by atoms with E-state index in [1.54, 1.807) is 36.8 Å². The molecule has 0 radical (unpaired) electrons. The van der Waals surface area contributed by atoms with Crippen LogP contribution in [0.4, 0.5) is 10.7 Å². The lowest BCUT2D eigenvalue weighted by molar-refractivity contribution is 0.102. The molecule has 5 rings (SSSR count). The van der Waals surface area contributed by atoms with Gasteiger partial charge >= 0.3 is 0 Å². The van der Waals surface area contributed by atoms with E-state index >= 15 is 0 Å². The van der Waals surface area contributed by atoms with Gasteiger partial charge in [-0.25, -0.2) is 4.99 Å². The second-order valence-corrected chi connectivity index (χ2v) is 14.3. The van der Waals surface area contributed by atoms with E-state index in [0.717, 1.165) is 35.4 Å². The van der Waals surface area contributed by atoms with Crippen LogP contribution in [0.15, 0.2) is 59.6 Å². The van der Waals surface area contributed by atoms with Gasteiger partial charge in [0.25, 0.3) is 5.91 Å². The van der Waals surface area contributed by atoms with E-state index < -0.39 is 0 Å². The zero-order valence-electron chi connectivity index (χ0n) is 26.6. The summed E-state index contributed by atoms with van der Waals surface area (Å²) in [5, 5.41) is 4.41. The monoisotopic (exact) mass is 628 g/mol. The fourth-order valence-corrected chi connectivity index (χ4v) is 7.36. The van der Waals surface area contributed by atoms with Gasteiger partial charge in [0.1, 0.15) is 11.6 Å². The smallest absolute Gasteiger partial charge is 0.259 e. The van der Waals surface area contributed by atoms with Crippen molar-refractivity contribution in [2.45, 2.75) is 67.4 Å². The van der Waals surface area contributed by atoms with Crippen LogP contribution >= 0.6 is 22.9 Å². The van der Waals surface area contributed by atoms with Gasteiger partial charge in [0.15, 0.2) is 11.5 Å². The lowest BCUT2D eigenvalue weighted by Crippen LogP contribution is -2.27. The number of hydrogen-bond donors (Lipinski definition) is 1. The van der Waals surface area contributed by atoms with Crippen molar-refractivity contribution in [2.75, 3.05) is 12.4 Å². The van der Waals surface area contributed by atoms with Gasteiger partial charge in [0, 0.05) is 21.8 Å². The first kappa shape index (κ1) is 31.8. The zero-order chi connectivity index (χ0) is 31.6. The highest BCUT2D eigenvalue weighted by Gasteiger charge is 2.33. The van der Waals surface area contributed by atoms with E-state index in [1.807, 2.05) is 30.3 Å². The molecular weight excluding hydrogens is 588 g/mol. The van der Waals surface area contributed by atoms with E-state index in [9.17, 15) is 4.79 Å². The summed E-state index contributed by atoms with van der Waals surface area (Å²) in [4.78, 5) is 19.8. The molecule has 44 heavy (non-hydrogen) atoms. The molecule has 0 saturated carbocycles. The molecule has 5 nitrogen and oxygen atoms in total. The third kappa shape index (κ3) is 7.19. The largest absolute Gasteiger partial charge is 0.493 e. The summed E-state index contributed by atoms with van der Waals surface area (Å²) in [5.41, 5.74) is 8.42. The number of carbonyl (C=O) groups excluding carboxylic acids is 1. The summed E-state index contributed by atoms with van der Waals surface area (Å²) in [5.74, 6) is 1.72. The molecule has 4 aromatic rings. The minimum absolute atomic E-state index is 0.144. The minimum atomic E-state index is -0.144. The third-order valence-corrected chi connectivity index (χ3v) is 9.95. The Kier molecular flexibility index (Phi) is 9.52. The normalized spacial score (nSPS) is 14.9. The molecule has 1 N–H and O–H groups in total. The number of hydrogen-bond acceptors (Lipinski definition) is 5. The van der Waals surface area contributed by atoms with Crippen molar-refractivity contribution in [3.63, 3.8) is 0 Å². The summed E-state index contributed by atoms with van der Waals surface area (Å²) >= 11 is 7.69. The Bertz CT molecular complexity index is 1680. The number of benzene rings is 3. The van der Waals surface area contributed by atoms with Crippen molar-refractivity contribution in [2.24, 2.45) is 16.3 Å². The Labute approximate surface area is 270 Å². The molecule has 1 aliphatic carbocycles. The lowest BCUT2D eigenvalue weighted by atomic mass is 9.72. The molecule has 230 valence electrons. The first-order valence-electron chi connectivity index (χ1n) is 15.1. The van der Waals surface area contributed by atoms with Crippen molar-refractivity contribution in [3.8, 4) is 11.5 Å². The number of fused-ring (bicyclic) bond motifs is 1. The Morgan fingerprint density at radius 1 is 1.05 bits per heavy atom. The average Bonchev–Trinajstić information content (AvgIpc) is 3.34. The standard InChI is InChI=1S/C37H41ClN2O3S/c1-22-16-23(2)30(24(3)17-22)21-43-31-15-8-25(18-32(31)42-7)20-39-36-34(35(41)40-28-12-10-27(38)11-13-28)29-14-9-26(37(4,5)6)19-33(29)44-36/h8,10-13,15-18,20,26H,9,14,19,21H2,1-7H3,(H,40,41)/t26-/m0/s1. The van der Waals surface area contributed by atoms with E-state index in [2.05, 4.69) is 59.0 Å². The van der Waals surface area contributed by atoms with E-state index in [1.165, 1.54) is 27.1 Å². The Hall–Kier alpha value is -3.61. The summed E-state index contributed by atoms with van der Waals surface area (Å²) < 4.78 is 11.9. The number of halogens is 1. The number of carbonyl (C=O) groups is 1. The maximum atomic E-state index is 13.7. The molecule has 0 unspecified atom stereocenters. The number of nitrogens with zero attached hydrogens (tertiary/aromatic N) is 1. The summed E-state index contributed by atoms with van der Waals surface area (Å²) in [6.07, 6.45) is 4.68. The molecule has 1 amide bonds. The minimum Gasteiger partial charge on any atom is -0.493 e. The Morgan fingerprint density at radius 2 is 1.75 bits per heavy atom. The molecule has 1 aromatic heterocycles. The maximum absolute atomic E-state index is 13.7. The van der Waals surface area contributed by atoms with E-state index in [-0.39, 0.29) is 11.3 Å².